The van der Waals surface area contributed by atoms with Gasteiger partial charge in [0.15, 0.2) is 0 Å². The maximum Gasteiger partial charge on any atom is 0.339 e. The van der Waals surface area contributed by atoms with Crippen LogP contribution in [-0.4, -0.2) is 29.1 Å². The number of carbonyl (C=O) groups is 1. The Morgan fingerprint density at radius 3 is 2.88 bits per heavy atom. The van der Waals surface area contributed by atoms with Crippen LogP contribution < -0.4 is 4.90 Å². The summed E-state index contributed by atoms with van der Waals surface area (Å²) in [5.41, 5.74) is 2.34. The van der Waals surface area contributed by atoms with Crippen LogP contribution in [0.2, 0.25) is 0 Å². The van der Waals surface area contributed by atoms with Crippen molar-refractivity contribution in [3.05, 3.63) is 35.0 Å². The van der Waals surface area contributed by atoms with Crippen molar-refractivity contribution >= 4 is 11.8 Å². The number of anilines is 1. The Hall–Kier alpha value is -1.84. The maximum absolute atomic E-state index is 11.3. The van der Waals surface area contributed by atoms with E-state index in [0.29, 0.717) is 11.4 Å². The summed E-state index contributed by atoms with van der Waals surface area (Å²) < 4.78 is 0. The topological polar surface area (TPSA) is 53.4 Å². The predicted octanol–water partition coefficient (Wildman–Crippen LogP) is 2.24. The molecule has 2 rings (SSSR count). The van der Waals surface area contributed by atoms with Crippen LogP contribution in [0.25, 0.3) is 0 Å². The van der Waals surface area contributed by atoms with Crippen molar-refractivity contribution in [3.8, 4) is 0 Å². The van der Waals surface area contributed by atoms with Gasteiger partial charge in [-0.3, -0.25) is 0 Å². The van der Waals surface area contributed by atoms with E-state index in [4.69, 9.17) is 0 Å². The van der Waals surface area contributed by atoms with E-state index in [1.807, 2.05) is 4.90 Å². The molecule has 4 heteroatoms. The molecule has 2 heterocycles. The SMILES string of the molecule is CC1=CCCN(c2nccc(C)c2C(=O)O)C1. The molecule has 0 radical (unpaired) electrons. The number of carboxylic acids is 1. The summed E-state index contributed by atoms with van der Waals surface area (Å²) in [5.74, 6) is -0.317. The molecule has 1 N–H and O–H groups in total. The Balaban J connectivity index is 2.42. The summed E-state index contributed by atoms with van der Waals surface area (Å²) in [7, 11) is 0. The van der Waals surface area contributed by atoms with E-state index >= 15 is 0 Å². The second-order valence-electron chi connectivity index (χ2n) is 4.39. The van der Waals surface area contributed by atoms with Crippen LogP contribution in [0.5, 0.6) is 0 Å². The molecule has 0 aliphatic carbocycles. The summed E-state index contributed by atoms with van der Waals surface area (Å²) >= 11 is 0. The first-order valence-electron chi connectivity index (χ1n) is 5.69. The first kappa shape index (κ1) is 11.6. The van der Waals surface area contributed by atoms with E-state index < -0.39 is 5.97 Å². The lowest BCUT2D eigenvalue weighted by atomic mass is 10.1. The van der Waals surface area contributed by atoms with Crippen molar-refractivity contribution in [1.82, 2.24) is 4.98 Å². The first-order valence-corrected chi connectivity index (χ1v) is 5.69. The lowest BCUT2D eigenvalue weighted by molar-refractivity contribution is 0.0696. The Kier molecular flexibility index (Phi) is 3.13. The molecule has 0 unspecified atom stereocenters. The van der Waals surface area contributed by atoms with Crippen molar-refractivity contribution in [2.45, 2.75) is 20.3 Å². The van der Waals surface area contributed by atoms with E-state index in [9.17, 15) is 9.90 Å². The van der Waals surface area contributed by atoms with Gasteiger partial charge >= 0.3 is 5.97 Å². The zero-order chi connectivity index (χ0) is 12.4. The highest BCUT2D eigenvalue weighted by atomic mass is 16.4. The first-order chi connectivity index (χ1) is 8.09. The lowest BCUT2D eigenvalue weighted by Crippen LogP contribution is -2.31. The van der Waals surface area contributed by atoms with Crippen molar-refractivity contribution in [2.24, 2.45) is 0 Å². The van der Waals surface area contributed by atoms with Gasteiger partial charge in [0.2, 0.25) is 0 Å². The molecule has 17 heavy (non-hydrogen) atoms. The molecule has 4 nitrogen and oxygen atoms in total. The fourth-order valence-electron chi connectivity index (χ4n) is 2.14. The molecule has 0 amide bonds. The number of aryl methyl sites for hydroxylation is 1. The fourth-order valence-corrected chi connectivity index (χ4v) is 2.14. The van der Waals surface area contributed by atoms with Crippen molar-refractivity contribution in [2.75, 3.05) is 18.0 Å². The highest BCUT2D eigenvalue weighted by Crippen LogP contribution is 2.24. The largest absolute Gasteiger partial charge is 0.478 e. The Morgan fingerprint density at radius 2 is 2.24 bits per heavy atom. The Morgan fingerprint density at radius 1 is 1.47 bits per heavy atom. The zero-order valence-corrected chi connectivity index (χ0v) is 10.1. The third kappa shape index (κ3) is 2.30. The van der Waals surface area contributed by atoms with Crippen LogP contribution >= 0.6 is 0 Å². The maximum atomic E-state index is 11.3. The molecule has 0 aromatic carbocycles. The van der Waals surface area contributed by atoms with Crippen molar-refractivity contribution in [3.63, 3.8) is 0 Å². The quantitative estimate of drug-likeness (QED) is 0.794. The minimum atomic E-state index is -0.905. The molecule has 90 valence electrons. The van der Waals surface area contributed by atoms with Gasteiger partial charge in [-0.25, -0.2) is 9.78 Å². The van der Waals surface area contributed by atoms with Crippen LogP contribution in [0, 0.1) is 6.92 Å². The number of hydrogen-bond donors (Lipinski definition) is 1. The van der Waals surface area contributed by atoms with Crippen LogP contribution in [0.4, 0.5) is 5.82 Å². The van der Waals surface area contributed by atoms with Gasteiger partial charge in [-0.2, -0.15) is 0 Å². The Labute approximate surface area is 101 Å². The van der Waals surface area contributed by atoms with Gasteiger partial charge in [-0.05, 0) is 31.9 Å². The summed E-state index contributed by atoms with van der Waals surface area (Å²) in [6.07, 6.45) is 4.80. The minimum Gasteiger partial charge on any atom is -0.478 e. The second kappa shape index (κ2) is 4.57. The summed E-state index contributed by atoms with van der Waals surface area (Å²) in [6, 6.07) is 1.74. The standard InChI is InChI=1S/C13H16N2O2/c1-9-4-3-7-15(8-9)12-11(13(16)17)10(2)5-6-14-12/h4-6H,3,7-8H2,1-2H3,(H,16,17). The molecular weight excluding hydrogens is 216 g/mol. The number of aromatic nitrogens is 1. The molecule has 0 saturated heterocycles. The molecule has 0 atom stereocenters. The molecule has 0 fully saturated rings. The van der Waals surface area contributed by atoms with Gasteiger partial charge in [0.05, 0.1) is 0 Å². The molecule has 0 bridgehead atoms. The molecule has 1 aliphatic rings. The van der Waals surface area contributed by atoms with E-state index in [0.717, 1.165) is 25.1 Å². The highest BCUT2D eigenvalue weighted by molar-refractivity contribution is 5.95. The third-order valence-electron chi connectivity index (χ3n) is 2.98. The summed E-state index contributed by atoms with van der Waals surface area (Å²) in [4.78, 5) is 17.6. The van der Waals surface area contributed by atoms with E-state index in [2.05, 4.69) is 18.0 Å². The van der Waals surface area contributed by atoms with Gasteiger partial charge in [0.1, 0.15) is 11.4 Å². The average molecular weight is 232 g/mol. The van der Waals surface area contributed by atoms with E-state index in [1.165, 1.54) is 5.57 Å². The molecule has 0 spiro atoms. The monoisotopic (exact) mass is 232 g/mol. The lowest BCUT2D eigenvalue weighted by Gasteiger charge is -2.28. The fraction of sp³-hybridized carbons (Fsp3) is 0.385. The number of aromatic carboxylic acids is 1. The number of rotatable bonds is 2. The normalized spacial score (nSPS) is 15.6. The minimum absolute atomic E-state index is 0.321. The number of nitrogens with zero attached hydrogens (tertiary/aromatic N) is 2. The van der Waals surface area contributed by atoms with E-state index in [-0.39, 0.29) is 0 Å². The van der Waals surface area contributed by atoms with E-state index in [1.54, 1.807) is 19.2 Å². The van der Waals surface area contributed by atoms with Crippen molar-refractivity contribution in [1.29, 1.82) is 0 Å². The number of hydrogen-bond acceptors (Lipinski definition) is 3. The van der Waals surface area contributed by atoms with Gasteiger partial charge in [-0.15, -0.1) is 0 Å². The van der Waals surface area contributed by atoms with Gasteiger partial charge < -0.3 is 10.0 Å². The van der Waals surface area contributed by atoms with Gasteiger partial charge in [0.25, 0.3) is 0 Å². The van der Waals surface area contributed by atoms with Crippen molar-refractivity contribution < 1.29 is 9.90 Å². The molecule has 1 aromatic rings. The molecular formula is C13H16N2O2. The van der Waals surface area contributed by atoms with Crippen LogP contribution in [0.1, 0.15) is 29.3 Å². The third-order valence-corrected chi connectivity index (χ3v) is 2.98. The summed E-state index contributed by atoms with van der Waals surface area (Å²) in [5, 5.41) is 9.26. The van der Waals surface area contributed by atoms with Crippen LogP contribution in [-0.2, 0) is 0 Å². The highest BCUT2D eigenvalue weighted by Gasteiger charge is 2.20. The summed E-state index contributed by atoms with van der Waals surface area (Å²) in [6.45, 7) is 5.45. The average Bonchev–Trinajstić information content (AvgIpc) is 2.28. The van der Waals surface area contributed by atoms with Crippen LogP contribution in [0.15, 0.2) is 23.9 Å². The smallest absolute Gasteiger partial charge is 0.339 e. The van der Waals surface area contributed by atoms with Gasteiger partial charge in [0, 0.05) is 19.3 Å². The molecule has 1 aliphatic heterocycles. The predicted molar refractivity (Wildman–Crippen MR) is 66.5 cm³/mol. The molecule has 1 aromatic heterocycles. The van der Waals surface area contributed by atoms with Crippen LogP contribution in [0.3, 0.4) is 0 Å². The molecule has 0 saturated carbocycles. The number of carboxylic acid groups (broad SMARTS) is 1. The van der Waals surface area contributed by atoms with Gasteiger partial charge in [-0.1, -0.05) is 11.6 Å². The Bertz CT molecular complexity index is 480. The second-order valence-corrected chi connectivity index (χ2v) is 4.39. The number of pyridine rings is 1. The zero-order valence-electron chi connectivity index (χ0n) is 10.1.